The first-order chi connectivity index (χ1) is 3.95. The summed E-state index contributed by atoms with van der Waals surface area (Å²) in [5.74, 6) is 0. The minimum absolute atomic E-state index is 0.250. The van der Waals surface area contributed by atoms with Crippen LogP contribution in [-0.4, -0.2) is 11.6 Å². The molecular formula is C5H11NO2S. The van der Waals surface area contributed by atoms with Gasteiger partial charge in [-0.2, -0.15) is 0 Å². The van der Waals surface area contributed by atoms with Gasteiger partial charge in [-0.15, -0.1) is 0 Å². The summed E-state index contributed by atoms with van der Waals surface area (Å²) in [6.45, 7) is 5.58. The molecule has 0 atom stereocenters. The van der Waals surface area contributed by atoms with Crippen LogP contribution < -0.4 is 5.32 Å². The molecule has 0 bridgehead atoms. The number of nitrogens with one attached hydrogen (secondary N) is 1. The number of hydrogen-bond acceptors (Lipinski definition) is 3. The summed E-state index contributed by atoms with van der Waals surface area (Å²) in [5, 5.41) is 2.53. The molecule has 0 aromatic rings. The summed E-state index contributed by atoms with van der Waals surface area (Å²) in [6.07, 6.45) is -0.522. The Hall–Kier alpha value is -0.380. The van der Waals surface area contributed by atoms with Crippen molar-refractivity contribution in [3.05, 3.63) is 0 Å². The first-order valence-electron chi connectivity index (χ1n) is 2.59. The van der Waals surface area contributed by atoms with E-state index in [2.05, 4.69) is 22.4 Å². The molecule has 54 valence electrons. The van der Waals surface area contributed by atoms with Gasteiger partial charge in [0.1, 0.15) is 0 Å². The van der Waals surface area contributed by atoms with Crippen molar-refractivity contribution >= 4 is 19.0 Å². The Labute approximate surface area is 60.4 Å². The Morgan fingerprint density at radius 3 is 2.11 bits per heavy atom. The molecule has 0 aliphatic carbocycles. The van der Waals surface area contributed by atoms with Crippen LogP contribution in [-0.2, 0) is 4.18 Å². The minimum Gasteiger partial charge on any atom is -0.378 e. The second kappa shape index (κ2) is 2.96. The number of hydrogen-bond donors (Lipinski definition) is 2. The van der Waals surface area contributed by atoms with Gasteiger partial charge in [0.2, 0.25) is 0 Å². The number of carbonyl (C=O) groups is 1. The fraction of sp³-hybridized carbons (Fsp3) is 0.800. The molecule has 0 aliphatic heterocycles. The smallest absolute Gasteiger partial charge is 0.378 e. The molecule has 0 aromatic carbocycles. The molecule has 0 aliphatic rings. The molecule has 0 saturated carbocycles. The lowest BCUT2D eigenvalue weighted by molar-refractivity contribution is 0.199. The number of thiol groups is 1. The van der Waals surface area contributed by atoms with Gasteiger partial charge in [-0.25, -0.2) is 4.79 Å². The molecule has 0 radical (unpaired) electrons. The molecule has 0 fully saturated rings. The number of rotatable bonds is 0. The lowest BCUT2D eigenvalue weighted by Gasteiger charge is -2.18. The van der Waals surface area contributed by atoms with E-state index in [0.29, 0.717) is 0 Å². The molecule has 0 spiro atoms. The molecule has 0 heterocycles. The van der Waals surface area contributed by atoms with E-state index in [0.717, 1.165) is 0 Å². The second-order valence-electron chi connectivity index (χ2n) is 2.75. The van der Waals surface area contributed by atoms with E-state index in [1.165, 1.54) is 0 Å². The topological polar surface area (TPSA) is 38.3 Å². The second-order valence-corrected chi connectivity index (χ2v) is 2.94. The monoisotopic (exact) mass is 149 g/mol. The van der Waals surface area contributed by atoms with Gasteiger partial charge in [-0.1, -0.05) is 0 Å². The summed E-state index contributed by atoms with van der Waals surface area (Å²) in [4.78, 5) is 10.4. The molecule has 0 rings (SSSR count). The van der Waals surface area contributed by atoms with Crippen molar-refractivity contribution in [3.63, 3.8) is 0 Å². The molecule has 0 saturated heterocycles. The Morgan fingerprint density at radius 2 is 2.00 bits per heavy atom. The predicted octanol–water partition coefficient (Wildman–Crippen LogP) is 1.36. The summed E-state index contributed by atoms with van der Waals surface area (Å²) in [6, 6.07) is 0. The average Bonchev–Trinajstić information content (AvgIpc) is 1.62. The average molecular weight is 149 g/mol. The molecule has 9 heavy (non-hydrogen) atoms. The Kier molecular flexibility index (Phi) is 2.84. The van der Waals surface area contributed by atoms with Crippen LogP contribution in [0.5, 0.6) is 0 Å². The zero-order valence-electron chi connectivity index (χ0n) is 5.76. The fourth-order valence-corrected chi connectivity index (χ4v) is 0.375. The van der Waals surface area contributed by atoms with Gasteiger partial charge in [-0.05, 0) is 20.8 Å². The highest BCUT2D eigenvalue weighted by Gasteiger charge is 2.13. The molecule has 0 aromatic heterocycles. The van der Waals surface area contributed by atoms with E-state index in [1.807, 2.05) is 20.8 Å². The highest BCUT2D eigenvalue weighted by Crippen LogP contribution is 1.98. The summed E-state index contributed by atoms with van der Waals surface area (Å²) in [7, 11) is 0. The summed E-state index contributed by atoms with van der Waals surface area (Å²) in [5.41, 5.74) is -0.250. The minimum atomic E-state index is -0.522. The first-order valence-corrected chi connectivity index (χ1v) is 2.96. The van der Waals surface area contributed by atoms with Crippen LogP contribution in [0.1, 0.15) is 20.8 Å². The summed E-state index contributed by atoms with van der Waals surface area (Å²) < 4.78 is 4.07. The van der Waals surface area contributed by atoms with E-state index >= 15 is 0 Å². The van der Waals surface area contributed by atoms with E-state index in [1.54, 1.807) is 0 Å². The zero-order chi connectivity index (χ0) is 7.49. The van der Waals surface area contributed by atoms with Crippen LogP contribution >= 0.6 is 12.9 Å². The standard InChI is InChI=1S/C5H11NO2S/c1-5(2,3)6-4(7)8-9/h9H,1-3H3,(H,6,7). The number of carbonyl (C=O) groups excluding carboxylic acids is 1. The SMILES string of the molecule is CC(C)(C)NC(=O)OS. The molecule has 1 amide bonds. The van der Waals surface area contributed by atoms with E-state index in [9.17, 15) is 4.79 Å². The third kappa shape index (κ3) is 5.49. The maximum Gasteiger partial charge on any atom is 0.419 e. The Balaban J connectivity index is 3.60. The van der Waals surface area contributed by atoms with Gasteiger partial charge in [-0.3, -0.25) is 0 Å². The quantitative estimate of drug-likeness (QED) is 0.403. The van der Waals surface area contributed by atoms with Gasteiger partial charge in [0.15, 0.2) is 0 Å². The van der Waals surface area contributed by atoms with Crippen LogP contribution in [0.3, 0.4) is 0 Å². The third-order valence-electron chi connectivity index (χ3n) is 0.560. The highest BCUT2D eigenvalue weighted by molar-refractivity contribution is 7.75. The van der Waals surface area contributed by atoms with E-state index in [-0.39, 0.29) is 5.54 Å². The zero-order valence-corrected chi connectivity index (χ0v) is 6.66. The van der Waals surface area contributed by atoms with Gasteiger partial charge in [0.05, 0.1) is 0 Å². The van der Waals surface area contributed by atoms with Crippen LogP contribution in [0.15, 0.2) is 0 Å². The van der Waals surface area contributed by atoms with Crippen molar-refractivity contribution in [1.82, 2.24) is 5.32 Å². The van der Waals surface area contributed by atoms with Gasteiger partial charge >= 0.3 is 6.09 Å². The molecule has 4 heteroatoms. The Bertz CT molecular complexity index is 108. The van der Waals surface area contributed by atoms with Crippen molar-refractivity contribution in [1.29, 1.82) is 0 Å². The predicted molar refractivity (Wildman–Crippen MR) is 38.4 cm³/mol. The number of amides is 1. The lowest BCUT2D eigenvalue weighted by atomic mass is 10.1. The van der Waals surface area contributed by atoms with Gasteiger partial charge in [0.25, 0.3) is 0 Å². The largest absolute Gasteiger partial charge is 0.419 e. The van der Waals surface area contributed by atoms with Crippen molar-refractivity contribution in [3.8, 4) is 0 Å². The van der Waals surface area contributed by atoms with Crippen LogP contribution in [0.2, 0.25) is 0 Å². The van der Waals surface area contributed by atoms with Crippen molar-refractivity contribution in [2.24, 2.45) is 0 Å². The Morgan fingerprint density at radius 1 is 1.56 bits per heavy atom. The first kappa shape index (κ1) is 8.62. The molecular weight excluding hydrogens is 138 g/mol. The molecule has 3 nitrogen and oxygen atoms in total. The third-order valence-corrected chi connectivity index (χ3v) is 0.726. The summed E-state index contributed by atoms with van der Waals surface area (Å²) >= 11 is 3.32. The normalized spacial score (nSPS) is 10.7. The maximum atomic E-state index is 10.4. The fourth-order valence-electron chi connectivity index (χ4n) is 0.329. The van der Waals surface area contributed by atoms with Crippen LogP contribution in [0.4, 0.5) is 4.79 Å². The maximum absolute atomic E-state index is 10.4. The van der Waals surface area contributed by atoms with Crippen molar-refractivity contribution in [2.45, 2.75) is 26.3 Å². The van der Waals surface area contributed by atoms with Gasteiger partial charge < -0.3 is 9.50 Å². The highest BCUT2D eigenvalue weighted by atomic mass is 32.1. The molecule has 1 N–H and O–H groups in total. The van der Waals surface area contributed by atoms with Crippen molar-refractivity contribution < 1.29 is 8.98 Å². The van der Waals surface area contributed by atoms with E-state index < -0.39 is 6.09 Å². The lowest BCUT2D eigenvalue weighted by Crippen LogP contribution is -2.39. The van der Waals surface area contributed by atoms with Crippen LogP contribution in [0.25, 0.3) is 0 Å². The van der Waals surface area contributed by atoms with Crippen molar-refractivity contribution in [2.75, 3.05) is 0 Å². The van der Waals surface area contributed by atoms with Crippen LogP contribution in [0, 0.1) is 0 Å². The van der Waals surface area contributed by atoms with E-state index in [4.69, 9.17) is 0 Å². The molecule has 0 unspecified atom stereocenters. The van der Waals surface area contributed by atoms with Gasteiger partial charge in [0, 0.05) is 18.4 Å².